The first-order valence-electron chi connectivity index (χ1n) is 9.13. The second-order valence-electron chi connectivity index (χ2n) is 6.84. The van der Waals surface area contributed by atoms with E-state index in [9.17, 15) is 0 Å². The molecule has 0 amide bonds. The fourth-order valence-electron chi connectivity index (χ4n) is 3.55. The number of hydrogen-bond donors (Lipinski definition) is 0. The fourth-order valence-corrected chi connectivity index (χ4v) is 3.55. The molecule has 0 radical (unpaired) electrons. The van der Waals surface area contributed by atoms with Crippen molar-refractivity contribution in [3.63, 3.8) is 0 Å². The van der Waals surface area contributed by atoms with E-state index >= 15 is 0 Å². The summed E-state index contributed by atoms with van der Waals surface area (Å²) in [4.78, 5) is 16.3. The van der Waals surface area contributed by atoms with Crippen molar-refractivity contribution >= 4 is 0 Å². The van der Waals surface area contributed by atoms with Crippen molar-refractivity contribution < 1.29 is 4.52 Å². The molecule has 1 aliphatic heterocycles. The van der Waals surface area contributed by atoms with Gasteiger partial charge in [-0.05, 0) is 39.3 Å². The third-order valence-corrected chi connectivity index (χ3v) is 4.76. The van der Waals surface area contributed by atoms with Gasteiger partial charge in [-0.25, -0.2) is 9.97 Å². The highest BCUT2D eigenvalue weighted by atomic mass is 16.5. The molecule has 3 aromatic rings. The number of aryl methyl sites for hydroxylation is 2. The first-order chi connectivity index (χ1) is 12.7. The van der Waals surface area contributed by atoms with Crippen LogP contribution < -0.4 is 0 Å². The van der Waals surface area contributed by atoms with Crippen LogP contribution in [0.4, 0.5) is 0 Å². The van der Waals surface area contributed by atoms with Gasteiger partial charge in [0, 0.05) is 11.3 Å². The summed E-state index contributed by atoms with van der Waals surface area (Å²) in [7, 11) is 0. The van der Waals surface area contributed by atoms with E-state index in [0.29, 0.717) is 18.3 Å². The first kappa shape index (κ1) is 16.8. The van der Waals surface area contributed by atoms with Crippen LogP contribution >= 0.6 is 0 Å². The minimum atomic E-state index is 0.147. The van der Waals surface area contributed by atoms with E-state index in [0.717, 1.165) is 35.7 Å². The maximum absolute atomic E-state index is 5.44. The van der Waals surface area contributed by atoms with Crippen LogP contribution in [0.5, 0.6) is 0 Å². The lowest BCUT2D eigenvalue weighted by Gasteiger charge is -2.32. The average Bonchev–Trinajstić information content (AvgIpc) is 3.09. The minimum Gasteiger partial charge on any atom is -0.338 e. The second kappa shape index (κ2) is 7.33. The summed E-state index contributed by atoms with van der Waals surface area (Å²) in [5.74, 6) is 2.23. The monoisotopic (exact) mass is 349 g/mol. The summed E-state index contributed by atoms with van der Waals surface area (Å²) in [6.45, 7) is 5.56. The molecular weight excluding hydrogens is 326 g/mol. The smallest absolute Gasteiger partial charge is 0.243 e. The number of nitrogens with zero attached hydrogens (tertiary/aromatic N) is 5. The second-order valence-corrected chi connectivity index (χ2v) is 6.84. The van der Waals surface area contributed by atoms with Gasteiger partial charge in [0.1, 0.15) is 5.82 Å². The molecule has 0 saturated carbocycles. The van der Waals surface area contributed by atoms with Gasteiger partial charge in [0.2, 0.25) is 5.89 Å². The Hall–Kier alpha value is -2.60. The zero-order valence-corrected chi connectivity index (χ0v) is 15.2. The molecule has 2 aromatic heterocycles. The van der Waals surface area contributed by atoms with E-state index in [-0.39, 0.29) is 6.04 Å². The fraction of sp³-hybridized carbons (Fsp3) is 0.400. The number of benzene rings is 1. The van der Waals surface area contributed by atoms with Gasteiger partial charge in [0.05, 0.1) is 18.3 Å². The highest BCUT2D eigenvalue weighted by Gasteiger charge is 2.29. The number of likely N-dealkylation sites (tertiary alicyclic amines) is 1. The number of aromatic nitrogens is 4. The summed E-state index contributed by atoms with van der Waals surface area (Å²) in [6, 6.07) is 12.4. The van der Waals surface area contributed by atoms with Gasteiger partial charge < -0.3 is 4.52 Å². The van der Waals surface area contributed by atoms with E-state index in [2.05, 4.69) is 32.2 Å². The summed E-state index contributed by atoms with van der Waals surface area (Å²) >= 11 is 0. The van der Waals surface area contributed by atoms with Crippen molar-refractivity contribution in [2.24, 2.45) is 0 Å². The van der Waals surface area contributed by atoms with Gasteiger partial charge in [0.15, 0.2) is 5.82 Å². The third-order valence-electron chi connectivity index (χ3n) is 4.76. The molecule has 0 unspecified atom stereocenters. The topological polar surface area (TPSA) is 67.9 Å². The molecule has 6 heteroatoms. The predicted molar refractivity (Wildman–Crippen MR) is 98.2 cm³/mol. The van der Waals surface area contributed by atoms with E-state index in [1.54, 1.807) is 0 Å². The van der Waals surface area contributed by atoms with Crippen LogP contribution in [0, 0.1) is 13.8 Å². The van der Waals surface area contributed by atoms with Crippen LogP contribution in [0.1, 0.15) is 48.5 Å². The number of hydrogen-bond acceptors (Lipinski definition) is 6. The van der Waals surface area contributed by atoms with Crippen molar-refractivity contribution in [3.8, 4) is 11.3 Å². The quantitative estimate of drug-likeness (QED) is 0.712. The van der Waals surface area contributed by atoms with Crippen molar-refractivity contribution in [2.45, 2.75) is 45.7 Å². The zero-order valence-electron chi connectivity index (χ0n) is 15.2. The third kappa shape index (κ3) is 3.65. The molecule has 1 saturated heterocycles. The van der Waals surface area contributed by atoms with Crippen LogP contribution in [-0.2, 0) is 6.54 Å². The summed E-state index contributed by atoms with van der Waals surface area (Å²) in [5, 5.41) is 3.96. The number of piperidine rings is 1. The molecule has 4 rings (SSSR count). The summed E-state index contributed by atoms with van der Waals surface area (Å²) in [5.41, 5.74) is 3.06. The highest BCUT2D eigenvalue weighted by Crippen LogP contribution is 2.31. The molecule has 1 aromatic carbocycles. The molecule has 1 fully saturated rings. The van der Waals surface area contributed by atoms with Crippen molar-refractivity contribution in [1.29, 1.82) is 0 Å². The van der Waals surface area contributed by atoms with E-state index in [1.165, 1.54) is 12.8 Å². The Morgan fingerprint density at radius 3 is 2.69 bits per heavy atom. The Bertz CT molecular complexity index is 877. The van der Waals surface area contributed by atoms with Crippen LogP contribution in [-0.4, -0.2) is 31.6 Å². The highest BCUT2D eigenvalue weighted by molar-refractivity contribution is 5.58. The van der Waals surface area contributed by atoms with Crippen LogP contribution in [0.25, 0.3) is 11.3 Å². The average molecular weight is 349 g/mol. The van der Waals surface area contributed by atoms with E-state index < -0.39 is 0 Å². The maximum atomic E-state index is 5.44. The Morgan fingerprint density at radius 1 is 1.08 bits per heavy atom. The van der Waals surface area contributed by atoms with Crippen LogP contribution in [0.2, 0.25) is 0 Å². The maximum Gasteiger partial charge on any atom is 0.243 e. The lowest BCUT2D eigenvalue weighted by Crippen LogP contribution is -2.33. The Morgan fingerprint density at radius 2 is 1.92 bits per heavy atom. The molecule has 134 valence electrons. The van der Waals surface area contributed by atoms with Gasteiger partial charge >= 0.3 is 0 Å². The molecular formula is C20H23N5O. The number of rotatable bonds is 4. The Balaban J connectivity index is 1.60. The summed E-state index contributed by atoms with van der Waals surface area (Å²) < 4.78 is 5.44. The SMILES string of the molecule is Cc1cc(-c2ccccc2)nc(CN2CCCC[C@@H]2c2nc(C)no2)n1. The lowest BCUT2D eigenvalue weighted by molar-refractivity contribution is 0.108. The van der Waals surface area contributed by atoms with Crippen LogP contribution in [0.3, 0.4) is 0 Å². The zero-order chi connectivity index (χ0) is 17.9. The first-order valence-corrected chi connectivity index (χ1v) is 9.13. The van der Waals surface area contributed by atoms with Gasteiger partial charge in [-0.3, -0.25) is 4.90 Å². The van der Waals surface area contributed by atoms with E-state index in [4.69, 9.17) is 9.51 Å². The van der Waals surface area contributed by atoms with Crippen molar-refractivity contribution in [3.05, 3.63) is 59.6 Å². The predicted octanol–water partition coefficient (Wildman–Crippen LogP) is 3.87. The standard InChI is InChI=1S/C20H23N5O/c1-14-12-17(16-8-4-3-5-9-16)23-19(21-14)13-25-11-7-6-10-18(25)20-22-15(2)24-26-20/h3-5,8-9,12,18H,6-7,10-11,13H2,1-2H3/t18-/m1/s1. The molecule has 0 aliphatic carbocycles. The van der Waals surface area contributed by atoms with Gasteiger partial charge in [-0.2, -0.15) is 4.98 Å². The van der Waals surface area contributed by atoms with Gasteiger partial charge in [0.25, 0.3) is 0 Å². The normalized spacial score (nSPS) is 18.2. The molecule has 0 bridgehead atoms. The Labute approximate surface area is 153 Å². The largest absolute Gasteiger partial charge is 0.338 e. The molecule has 1 aliphatic rings. The van der Waals surface area contributed by atoms with Crippen molar-refractivity contribution in [2.75, 3.05) is 6.54 Å². The Kier molecular flexibility index (Phi) is 4.75. The van der Waals surface area contributed by atoms with Gasteiger partial charge in [-0.15, -0.1) is 0 Å². The molecule has 1 atom stereocenters. The molecule has 0 spiro atoms. The molecule has 3 heterocycles. The van der Waals surface area contributed by atoms with Gasteiger partial charge in [-0.1, -0.05) is 41.9 Å². The molecule has 26 heavy (non-hydrogen) atoms. The van der Waals surface area contributed by atoms with Crippen LogP contribution in [0.15, 0.2) is 40.9 Å². The van der Waals surface area contributed by atoms with E-state index in [1.807, 2.05) is 38.1 Å². The summed E-state index contributed by atoms with van der Waals surface area (Å²) in [6.07, 6.45) is 3.37. The minimum absolute atomic E-state index is 0.147. The molecule has 0 N–H and O–H groups in total. The lowest BCUT2D eigenvalue weighted by atomic mass is 10.0. The van der Waals surface area contributed by atoms with Crippen molar-refractivity contribution in [1.82, 2.24) is 25.0 Å². The molecule has 6 nitrogen and oxygen atoms in total.